The number of amides is 2. The first-order chi connectivity index (χ1) is 11.9. The van der Waals surface area contributed by atoms with Crippen LogP contribution >= 0.6 is 23.2 Å². The number of anilines is 1. The van der Waals surface area contributed by atoms with E-state index in [4.69, 9.17) is 27.9 Å². The molecule has 0 bridgehead atoms. The highest BCUT2D eigenvalue weighted by atomic mass is 35.5. The number of carbonyl (C=O) groups excluding carboxylic acids is 2. The summed E-state index contributed by atoms with van der Waals surface area (Å²) in [5.74, 6) is -0.0407. The van der Waals surface area contributed by atoms with E-state index in [1.807, 2.05) is 12.1 Å². The predicted molar refractivity (Wildman–Crippen MR) is 99.3 cm³/mol. The van der Waals surface area contributed by atoms with Crippen LogP contribution < -0.4 is 15.0 Å². The average Bonchev–Trinajstić information content (AvgIpc) is 2.59. The van der Waals surface area contributed by atoms with Gasteiger partial charge in [0, 0.05) is 24.2 Å². The summed E-state index contributed by atoms with van der Waals surface area (Å²) in [5.41, 5.74) is 1.44. The number of hydrogen-bond acceptors (Lipinski definition) is 3. The van der Waals surface area contributed by atoms with Crippen LogP contribution in [-0.4, -0.2) is 25.5 Å². The summed E-state index contributed by atoms with van der Waals surface area (Å²) in [5, 5.41) is 3.78. The Morgan fingerprint density at radius 2 is 1.80 bits per heavy atom. The number of carbonyl (C=O) groups is 2. The van der Waals surface area contributed by atoms with E-state index in [1.54, 1.807) is 30.3 Å². The van der Waals surface area contributed by atoms with Crippen molar-refractivity contribution in [3.05, 3.63) is 58.1 Å². The number of rotatable bonds is 6. The molecule has 0 saturated heterocycles. The van der Waals surface area contributed by atoms with Crippen molar-refractivity contribution >= 4 is 40.7 Å². The third-order valence-electron chi connectivity index (χ3n) is 3.53. The molecule has 0 unspecified atom stereocenters. The fraction of sp³-hybridized carbons (Fsp3) is 0.222. The highest BCUT2D eigenvalue weighted by Crippen LogP contribution is 2.29. The van der Waals surface area contributed by atoms with Gasteiger partial charge >= 0.3 is 0 Å². The molecular formula is C18H18Cl2N2O3. The third-order valence-corrected chi connectivity index (χ3v) is 4.08. The second-order valence-electron chi connectivity index (χ2n) is 5.33. The molecule has 2 rings (SSSR count). The summed E-state index contributed by atoms with van der Waals surface area (Å²) in [7, 11) is 1.51. The number of ether oxygens (including phenoxy) is 1. The maximum Gasteiger partial charge on any atom is 0.240 e. The van der Waals surface area contributed by atoms with Gasteiger partial charge in [0.2, 0.25) is 11.8 Å². The van der Waals surface area contributed by atoms with Gasteiger partial charge in [-0.25, -0.2) is 0 Å². The fourth-order valence-corrected chi connectivity index (χ4v) is 2.59. The van der Waals surface area contributed by atoms with Crippen LogP contribution in [0.15, 0.2) is 42.5 Å². The minimum absolute atomic E-state index is 0.106. The fourth-order valence-electron chi connectivity index (χ4n) is 2.21. The van der Waals surface area contributed by atoms with Gasteiger partial charge in [0.15, 0.2) is 0 Å². The SMILES string of the molecule is COc1ccc(N(CC(=O)NCc2ccc(Cl)cc2)C(C)=O)cc1Cl. The van der Waals surface area contributed by atoms with Gasteiger partial charge in [-0.3, -0.25) is 9.59 Å². The Morgan fingerprint density at radius 1 is 1.12 bits per heavy atom. The van der Waals surface area contributed by atoms with Crippen molar-refractivity contribution in [2.24, 2.45) is 0 Å². The van der Waals surface area contributed by atoms with Crippen molar-refractivity contribution in [3.8, 4) is 5.75 Å². The van der Waals surface area contributed by atoms with E-state index >= 15 is 0 Å². The lowest BCUT2D eigenvalue weighted by molar-refractivity contribution is -0.123. The highest BCUT2D eigenvalue weighted by molar-refractivity contribution is 6.32. The smallest absolute Gasteiger partial charge is 0.240 e. The zero-order valence-corrected chi connectivity index (χ0v) is 15.4. The maximum atomic E-state index is 12.2. The lowest BCUT2D eigenvalue weighted by Crippen LogP contribution is -2.39. The second kappa shape index (κ2) is 8.74. The summed E-state index contributed by atoms with van der Waals surface area (Å²) >= 11 is 11.9. The lowest BCUT2D eigenvalue weighted by Gasteiger charge is -2.21. The minimum Gasteiger partial charge on any atom is -0.495 e. The molecule has 0 aliphatic heterocycles. The Labute approximate surface area is 156 Å². The van der Waals surface area contributed by atoms with Crippen LogP contribution in [0.25, 0.3) is 0 Å². The van der Waals surface area contributed by atoms with E-state index in [-0.39, 0.29) is 18.4 Å². The molecule has 0 fully saturated rings. The van der Waals surface area contributed by atoms with Crippen LogP contribution in [0.3, 0.4) is 0 Å². The van der Waals surface area contributed by atoms with E-state index in [0.29, 0.717) is 28.0 Å². The number of nitrogens with one attached hydrogen (secondary N) is 1. The molecule has 132 valence electrons. The minimum atomic E-state index is -0.280. The average molecular weight is 381 g/mol. The number of nitrogens with zero attached hydrogens (tertiary/aromatic N) is 1. The molecule has 0 aliphatic rings. The second-order valence-corrected chi connectivity index (χ2v) is 6.17. The molecule has 2 aromatic carbocycles. The summed E-state index contributed by atoms with van der Waals surface area (Å²) in [6.07, 6.45) is 0. The molecule has 0 saturated carbocycles. The van der Waals surface area contributed by atoms with E-state index in [1.165, 1.54) is 18.9 Å². The first kappa shape index (κ1) is 19.1. The number of hydrogen-bond donors (Lipinski definition) is 1. The van der Waals surface area contributed by atoms with Crippen molar-refractivity contribution in [1.82, 2.24) is 5.32 Å². The molecule has 2 aromatic rings. The van der Waals surface area contributed by atoms with Crippen LogP contribution in [0.2, 0.25) is 10.0 Å². The normalized spacial score (nSPS) is 10.2. The first-order valence-corrected chi connectivity index (χ1v) is 8.29. The number of halogens is 2. The molecule has 5 nitrogen and oxygen atoms in total. The van der Waals surface area contributed by atoms with Crippen molar-refractivity contribution < 1.29 is 14.3 Å². The van der Waals surface area contributed by atoms with Gasteiger partial charge < -0.3 is 15.0 Å². The lowest BCUT2D eigenvalue weighted by atomic mass is 10.2. The summed E-state index contributed by atoms with van der Waals surface area (Å²) in [6, 6.07) is 12.1. The van der Waals surface area contributed by atoms with Crippen LogP contribution in [0, 0.1) is 0 Å². The molecule has 7 heteroatoms. The largest absolute Gasteiger partial charge is 0.495 e. The van der Waals surface area contributed by atoms with Crippen LogP contribution in [0.4, 0.5) is 5.69 Å². The van der Waals surface area contributed by atoms with Crippen molar-refractivity contribution in [2.75, 3.05) is 18.6 Å². The molecule has 0 spiro atoms. The third kappa shape index (κ3) is 5.37. The van der Waals surface area contributed by atoms with Gasteiger partial charge in [0.05, 0.1) is 12.1 Å². The quantitative estimate of drug-likeness (QED) is 0.831. The van der Waals surface area contributed by atoms with Gasteiger partial charge in [0.25, 0.3) is 0 Å². The van der Waals surface area contributed by atoms with Crippen LogP contribution in [-0.2, 0) is 16.1 Å². The number of benzene rings is 2. The van der Waals surface area contributed by atoms with Crippen LogP contribution in [0.1, 0.15) is 12.5 Å². The van der Waals surface area contributed by atoms with Gasteiger partial charge in [-0.15, -0.1) is 0 Å². The molecule has 0 heterocycles. The zero-order chi connectivity index (χ0) is 18.4. The summed E-state index contributed by atoms with van der Waals surface area (Å²) in [6.45, 7) is 1.64. The maximum absolute atomic E-state index is 12.2. The van der Waals surface area contributed by atoms with E-state index in [2.05, 4.69) is 5.32 Å². The Bertz CT molecular complexity index is 763. The van der Waals surface area contributed by atoms with Crippen molar-refractivity contribution in [3.63, 3.8) is 0 Å². The monoisotopic (exact) mass is 380 g/mol. The molecular weight excluding hydrogens is 363 g/mol. The Balaban J connectivity index is 2.03. The molecule has 0 atom stereocenters. The molecule has 25 heavy (non-hydrogen) atoms. The molecule has 0 aliphatic carbocycles. The van der Waals surface area contributed by atoms with E-state index in [9.17, 15) is 9.59 Å². The first-order valence-electron chi connectivity index (χ1n) is 7.53. The van der Waals surface area contributed by atoms with Gasteiger partial charge in [-0.2, -0.15) is 0 Å². The molecule has 1 N–H and O–H groups in total. The standard InChI is InChI=1S/C18H18Cl2N2O3/c1-12(23)22(15-7-8-17(25-2)16(20)9-15)11-18(24)21-10-13-3-5-14(19)6-4-13/h3-9H,10-11H2,1-2H3,(H,21,24). The van der Waals surface area contributed by atoms with E-state index in [0.717, 1.165) is 5.56 Å². The van der Waals surface area contributed by atoms with E-state index < -0.39 is 0 Å². The molecule has 2 amide bonds. The molecule has 0 aromatic heterocycles. The zero-order valence-electron chi connectivity index (χ0n) is 13.9. The van der Waals surface area contributed by atoms with Crippen LogP contribution in [0.5, 0.6) is 5.75 Å². The van der Waals surface area contributed by atoms with Gasteiger partial charge in [0.1, 0.15) is 12.3 Å². The summed E-state index contributed by atoms with van der Waals surface area (Å²) < 4.78 is 5.09. The van der Waals surface area contributed by atoms with Crippen molar-refractivity contribution in [1.29, 1.82) is 0 Å². The Morgan fingerprint density at radius 3 is 2.36 bits per heavy atom. The number of methoxy groups -OCH3 is 1. The Kier molecular flexibility index (Phi) is 6.67. The predicted octanol–water partition coefficient (Wildman–Crippen LogP) is 3.67. The summed E-state index contributed by atoms with van der Waals surface area (Å²) in [4.78, 5) is 25.5. The topological polar surface area (TPSA) is 58.6 Å². The van der Waals surface area contributed by atoms with Gasteiger partial charge in [-0.1, -0.05) is 35.3 Å². The van der Waals surface area contributed by atoms with Crippen molar-refractivity contribution in [2.45, 2.75) is 13.5 Å². The highest BCUT2D eigenvalue weighted by Gasteiger charge is 2.17. The Hall–Kier alpha value is -2.24. The molecule has 0 radical (unpaired) electrons. The van der Waals surface area contributed by atoms with Gasteiger partial charge in [-0.05, 0) is 35.9 Å².